The van der Waals surface area contributed by atoms with Gasteiger partial charge in [0.1, 0.15) is 18.2 Å². The highest BCUT2D eigenvalue weighted by Gasteiger charge is 2.12. The van der Waals surface area contributed by atoms with Crippen LogP contribution in [0.4, 0.5) is 10.1 Å². The van der Waals surface area contributed by atoms with Crippen molar-refractivity contribution in [3.05, 3.63) is 54.1 Å². The smallest absolute Gasteiger partial charge is 0.150 e. The van der Waals surface area contributed by atoms with Crippen LogP contribution in [0.5, 0.6) is 11.5 Å². The quantitative estimate of drug-likeness (QED) is 0.734. The van der Waals surface area contributed by atoms with Gasteiger partial charge < -0.3 is 19.9 Å². The predicted octanol–water partition coefficient (Wildman–Crippen LogP) is 3.37. The number of nitrogens with one attached hydrogen (secondary N) is 1. The third-order valence-electron chi connectivity index (χ3n) is 3.13. The predicted molar refractivity (Wildman–Crippen MR) is 84.1 cm³/mol. The summed E-state index contributed by atoms with van der Waals surface area (Å²) in [4.78, 5) is 0. The van der Waals surface area contributed by atoms with E-state index in [-0.39, 0.29) is 12.4 Å². The van der Waals surface area contributed by atoms with Gasteiger partial charge in [0.15, 0.2) is 6.10 Å². The highest BCUT2D eigenvalue weighted by molar-refractivity contribution is 5.57. The molecule has 0 amide bonds. The molecular weight excluding hydrogens is 285 g/mol. The second-order valence-corrected chi connectivity index (χ2v) is 4.82. The van der Waals surface area contributed by atoms with E-state index in [1.165, 1.54) is 6.07 Å². The summed E-state index contributed by atoms with van der Waals surface area (Å²) in [6.45, 7) is -0.117. The molecule has 4 nitrogen and oxygen atoms in total. The number of phenols is 1. The summed E-state index contributed by atoms with van der Waals surface area (Å²) in [5, 5.41) is 12.6. The molecule has 2 aromatic carbocycles. The average molecular weight is 305 g/mol. The number of phenolic OH excluding ortho intramolecular Hbond substituents is 1. The zero-order valence-electron chi connectivity index (χ0n) is 12.5. The molecule has 22 heavy (non-hydrogen) atoms. The van der Waals surface area contributed by atoms with Crippen molar-refractivity contribution in [3.8, 4) is 11.5 Å². The maximum atomic E-state index is 13.0. The van der Waals surface area contributed by atoms with Gasteiger partial charge in [-0.2, -0.15) is 0 Å². The van der Waals surface area contributed by atoms with Crippen LogP contribution in [0.1, 0.15) is 5.56 Å². The number of aromatic hydroxyl groups is 1. The van der Waals surface area contributed by atoms with Crippen LogP contribution < -0.4 is 10.1 Å². The van der Waals surface area contributed by atoms with E-state index in [1.54, 1.807) is 19.2 Å². The molecule has 5 heteroatoms. The third-order valence-corrected chi connectivity index (χ3v) is 3.13. The van der Waals surface area contributed by atoms with Gasteiger partial charge >= 0.3 is 0 Å². The summed E-state index contributed by atoms with van der Waals surface area (Å²) in [6.07, 6.45) is -0.705. The first-order valence-electron chi connectivity index (χ1n) is 7.08. The maximum absolute atomic E-state index is 13.0. The molecule has 0 bridgehead atoms. The van der Waals surface area contributed by atoms with Crippen LogP contribution >= 0.6 is 0 Å². The third kappa shape index (κ3) is 4.63. The van der Waals surface area contributed by atoms with E-state index in [0.717, 1.165) is 5.56 Å². The van der Waals surface area contributed by atoms with Gasteiger partial charge in [-0.1, -0.05) is 30.3 Å². The van der Waals surface area contributed by atoms with E-state index < -0.39 is 12.8 Å². The SMILES string of the molecule is CNc1ccc(OC(CF)COCc2ccccc2)cc1O. The van der Waals surface area contributed by atoms with Crippen molar-refractivity contribution in [2.45, 2.75) is 12.7 Å². The van der Waals surface area contributed by atoms with Gasteiger partial charge in [-0.25, -0.2) is 4.39 Å². The van der Waals surface area contributed by atoms with Crippen LogP contribution in [-0.2, 0) is 11.3 Å². The van der Waals surface area contributed by atoms with Crippen LogP contribution in [0, 0.1) is 0 Å². The molecule has 0 radical (unpaired) electrons. The number of benzene rings is 2. The molecule has 0 aromatic heterocycles. The van der Waals surface area contributed by atoms with E-state index in [1.807, 2.05) is 30.3 Å². The number of halogens is 1. The number of hydrogen-bond donors (Lipinski definition) is 2. The molecule has 0 heterocycles. The van der Waals surface area contributed by atoms with Gasteiger partial charge in [0.25, 0.3) is 0 Å². The molecule has 1 atom stereocenters. The van der Waals surface area contributed by atoms with Crippen molar-refractivity contribution >= 4 is 5.69 Å². The molecule has 1 unspecified atom stereocenters. The Bertz CT molecular complexity index is 577. The lowest BCUT2D eigenvalue weighted by atomic mass is 10.2. The summed E-state index contributed by atoms with van der Waals surface area (Å²) in [7, 11) is 1.71. The van der Waals surface area contributed by atoms with Crippen molar-refractivity contribution in [2.24, 2.45) is 0 Å². The standard InChI is InChI=1S/C17H20FNO3/c1-19-16-8-7-14(9-17(16)20)22-15(10-18)12-21-11-13-5-3-2-4-6-13/h2-9,15,19-20H,10-12H2,1H3. The number of hydrogen-bond acceptors (Lipinski definition) is 4. The number of rotatable bonds is 8. The fourth-order valence-electron chi connectivity index (χ4n) is 1.98. The van der Waals surface area contributed by atoms with Crippen LogP contribution in [0.25, 0.3) is 0 Å². The molecule has 0 fully saturated rings. The molecule has 0 spiro atoms. The minimum atomic E-state index is -0.705. The average Bonchev–Trinajstić information content (AvgIpc) is 2.55. The largest absolute Gasteiger partial charge is 0.506 e. The zero-order valence-corrected chi connectivity index (χ0v) is 12.5. The minimum absolute atomic E-state index is 0.0582. The number of ether oxygens (including phenoxy) is 2. The summed E-state index contributed by atoms with van der Waals surface area (Å²) in [5.41, 5.74) is 1.61. The highest BCUT2D eigenvalue weighted by atomic mass is 19.1. The summed E-state index contributed by atoms with van der Waals surface area (Å²) < 4.78 is 24.0. The summed E-state index contributed by atoms with van der Waals surface area (Å²) in [5.74, 6) is 0.463. The van der Waals surface area contributed by atoms with Gasteiger partial charge in [-0.15, -0.1) is 0 Å². The Balaban J connectivity index is 1.85. The maximum Gasteiger partial charge on any atom is 0.150 e. The summed E-state index contributed by atoms with van der Waals surface area (Å²) in [6, 6.07) is 14.5. The van der Waals surface area contributed by atoms with Crippen molar-refractivity contribution in [1.29, 1.82) is 0 Å². The number of anilines is 1. The lowest BCUT2D eigenvalue weighted by molar-refractivity contribution is 0.0297. The Kier molecular flexibility index (Phi) is 6.03. The second-order valence-electron chi connectivity index (χ2n) is 4.82. The van der Waals surface area contributed by atoms with E-state index in [0.29, 0.717) is 18.0 Å². The molecular formula is C17H20FNO3. The van der Waals surface area contributed by atoms with E-state index >= 15 is 0 Å². The molecule has 0 aliphatic rings. The van der Waals surface area contributed by atoms with Gasteiger partial charge in [-0.05, 0) is 17.7 Å². The molecule has 0 saturated heterocycles. The monoisotopic (exact) mass is 305 g/mol. The van der Waals surface area contributed by atoms with Gasteiger partial charge in [0.05, 0.1) is 18.9 Å². The molecule has 2 aromatic rings. The fraction of sp³-hybridized carbons (Fsp3) is 0.294. The summed E-state index contributed by atoms with van der Waals surface area (Å²) >= 11 is 0. The van der Waals surface area contributed by atoms with Gasteiger partial charge in [0.2, 0.25) is 0 Å². The Morgan fingerprint density at radius 2 is 1.95 bits per heavy atom. The van der Waals surface area contributed by atoms with Crippen LogP contribution in [0.2, 0.25) is 0 Å². The van der Waals surface area contributed by atoms with E-state index in [2.05, 4.69) is 5.32 Å². The molecule has 0 aliphatic carbocycles. The number of alkyl halides is 1. The van der Waals surface area contributed by atoms with Crippen LogP contribution in [-0.4, -0.2) is 31.5 Å². The Labute approximate surface area is 129 Å². The Hall–Kier alpha value is -2.27. The zero-order chi connectivity index (χ0) is 15.8. The first kappa shape index (κ1) is 16.1. The highest BCUT2D eigenvalue weighted by Crippen LogP contribution is 2.28. The molecule has 118 valence electrons. The Morgan fingerprint density at radius 1 is 1.18 bits per heavy atom. The topological polar surface area (TPSA) is 50.7 Å². The normalized spacial score (nSPS) is 11.9. The van der Waals surface area contributed by atoms with Crippen molar-refractivity contribution in [2.75, 3.05) is 25.6 Å². The van der Waals surface area contributed by atoms with E-state index in [9.17, 15) is 9.50 Å². The van der Waals surface area contributed by atoms with Crippen LogP contribution in [0.3, 0.4) is 0 Å². The first-order chi connectivity index (χ1) is 10.7. The van der Waals surface area contributed by atoms with Gasteiger partial charge in [-0.3, -0.25) is 0 Å². The van der Waals surface area contributed by atoms with Crippen molar-refractivity contribution in [1.82, 2.24) is 0 Å². The minimum Gasteiger partial charge on any atom is -0.506 e. The lowest BCUT2D eigenvalue weighted by Gasteiger charge is -2.17. The van der Waals surface area contributed by atoms with Crippen molar-refractivity contribution < 1.29 is 19.0 Å². The fourth-order valence-corrected chi connectivity index (χ4v) is 1.98. The van der Waals surface area contributed by atoms with E-state index in [4.69, 9.17) is 9.47 Å². The molecule has 2 rings (SSSR count). The van der Waals surface area contributed by atoms with Crippen molar-refractivity contribution in [3.63, 3.8) is 0 Å². The van der Waals surface area contributed by atoms with Crippen LogP contribution in [0.15, 0.2) is 48.5 Å². The molecule has 0 saturated carbocycles. The molecule has 2 N–H and O–H groups in total. The molecule has 0 aliphatic heterocycles. The second kappa shape index (κ2) is 8.24. The Morgan fingerprint density at radius 3 is 2.59 bits per heavy atom. The van der Waals surface area contributed by atoms with Gasteiger partial charge in [0, 0.05) is 13.1 Å². The lowest BCUT2D eigenvalue weighted by Crippen LogP contribution is -2.25. The first-order valence-corrected chi connectivity index (χ1v) is 7.08.